The standard InChI is InChI=1S/C17H15BrN2OS/c1-12-16(22-15-11-7-6-10-14(15)18)17(21-2)20(19-12)13-8-4-3-5-9-13/h3-11H,1-2H3. The Kier molecular flexibility index (Phi) is 4.55. The van der Waals surface area contributed by atoms with Crippen molar-refractivity contribution in [2.75, 3.05) is 7.11 Å². The number of aromatic nitrogens is 2. The highest BCUT2D eigenvalue weighted by molar-refractivity contribution is 9.10. The number of hydrogen-bond acceptors (Lipinski definition) is 3. The summed E-state index contributed by atoms with van der Waals surface area (Å²) in [6.45, 7) is 2.00. The molecule has 0 fully saturated rings. The average Bonchev–Trinajstić information content (AvgIpc) is 2.86. The lowest BCUT2D eigenvalue weighted by Crippen LogP contribution is -1.99. The van der Waals surface area contributed by atoms with Gasteiger partial charge in [0, 0.05) is 9.37 Å². The van der Waals surface area contributed by atoms with E-state index in [9.17, 15) is 0 Å². The highest BCUT2D eigenvalue weighted by Crippen LogP contribution is 2.41. The molecule has 0 unspecified atom stereocenters. The van der Waals surface area contributed by atoms with E-state index in [0.717, 1.165) is 31.5 Å². The molecule has 2 aromatic carbocycles. The molecule has 5 heteroatoms. The van der Waals surface area contributed by atoms with Gasteiger partial charge in [0.05, 0.1) is 23.4 Å². The molecular weight excluding hydrogens is 360 g/mol. The first kappa shape index (κ1) is 15.2. The fourth-order valence-electron chi connectivity index (χ4n) is 2.17. The van der Waals surface area contributed by atoms with Crippen LogP contribution in [-0.4, -0.2) is 16.9 Å². The number of hydrogen-bond donors (Lipinski definition) is 0. The van der Waals surface area contributed by atoms with Crippen molar-refractivity contribution >= 4 is 27.7 Å². The SMILES string of the molecule is COc1c(Sc2ccccc2Br)c(C)nn1-c1ccccc1. The van der Waals surface area contributed by atoms with E-state index < -0.39 is 0 Å². The molecule has 0 saturated heterocycles. The molecule has 0 aliphatic carbocycles. The Bertz CT molecular complexity index is 787. The molecule has 0 atom stereocenters. The van der Waals surface area contributed by atoms with Crippen LogP contribution in [0, 0.1) is 6.92 Å². The zero-order chi connectivity index (χ0) is 15.5. The summed E-state index contributed by atoms with van der Waals surface area (Å²) in [6, 6.07) is 18.1. The number of aryl methyl sites for hydroxylation is 1. The van der Waals surface area contributed by atoms with Gasteiger partial charge in [-0.1, -0.05) is 42.1 Å². The molecule has 112 valence electrons. The lowest BCUT2D eigenvalue weighted by Gasteiger charge is -2.08. The molecule has 3 aromatic rings. The molecule has 0 bridgehead atoms. The van der Waals surface area contributed by atoms with Crippen LogP contribution in [0.3, 0.4) is 0 Å². The normalized spacial score (nSPS) is 10.7. The fourth-order valence-corrected chi connectivity index (χ4v) is 3.68. The van der Waals surface area contributed by atoms with Crippen LogP contribution in [0.15, 0.2) is 68.9 Å². The number of ether oxygens (including phenoxy) is 1. The van der Waals surface area contributed by atoms with Crippen molar-refractivity contribution in [3.63, 3.8) is 0 Å². The van der Waals surface area contributed by atoms with Gasteiger partial charge in [-0.3, -0.25) is 0 Å². The number of nitrogens with zero attached hydrogens (tertiary/aromatic N) is 2. The Balaban J connectivity index is 2.06. The van der Waals surface area contributed by atoms with Gasteiger partial charge in [-0.2, -0.15) is 9.78 Å². The minimum atomic E-state index is 0.754. The van der Waals surface area contributed by atoms with Crippen molar-refractivity contribution in [2.45, 2.75) is 16.7 Å². The van der Waals surface area contributed by atoms with Crippen molar-refractivity contribution < 1.29 is 4.74 Å². The minimum Gasteiger partial charge on any atom is -0.480 e. The zero-order valence-electron chi connectivity index (χ0n) is 12.3. The predicted octanol–water partition coefficient (Wildman–Crippen LogP) is 5.10. The molecule has 0 aliphatic heterocycles. The van der Waals surface area contributed by atoms with Crippen LogP contribution < -0.4 is 4.74 Å². The van der Waals surface area contributed by atoms with Crippen LogP contribution in [0.25, 0.3) is 5.69 Å². The highest BCUT2D eigenvalue weighted by Gasteiger charge is 2.19. The third kappa shape index (κ3) is 2.91. The van der Waals surface area contributed by atoms with Crippen LogP contribution in [-0.2, 0) is 0 Å². The number of para-hydroxylation sites is 1. The molecule has 3 rings (SSSR count). The smallest absolute Gasteiger partial charge is 0.231 e. The first-order valence-corrected chi connectivity index (χ1v) is 8.43. The molecular formula is C17H15BrN2OS. The van der Waals surface area contributed by atoms with E-state index in [4.69, 9.17) is 4.74 Å². The van der Waals surface area contributed by atoms with Gasteiger partial charge in [0.2, 0.25) is 5.88 Å². The molecule has 0 saturated carbocycles. The molecule has 0 spiro atoms. The number of benzene rings is 2. The Morgan fingerprint density at radius 1 is 1.05 bits per heavy atom. The van der Waals surface area contributed by atoms with E-state index in [1.54, 1.807) is 18.9 Å². The largest absolute Gasteiger partial charge is 0.480 e. The van der Waals surface area contributed by atoms with Crippen LogP contribution in [0.1, 0.15) is 5.69 Å². The molecule has 0 amide bonds. The number of halogens is 1. The van der Waals surface area contributed by atoms with Gasteiger partial charge in [0.1, 0.15) is 0 Å². The summed E-state index contributed by atoms with van der Waals surface area (Å²) < 4.78 is 8.53. The molecule has 1 heterocycles. The molecule has 3 nitrogen and oxygen atoms in total. The molecule has 0 radical (unpaired) electrons. The fraction of sp³-hybridized carbons (Fsp3) is 0.118. The van der Waals surface area contributed by atoms with Gasteiger partial charge >= 0.3 is 0 Å². The monoisotopic (exact) mass is 374 g/mol. The maximum Gasteiger partial charge on any atom is 0.231 e. The second-order valence-corrected chi connectivity index (χ2v) is 6.61. The van der Waals surface area contributed by atoms with Crippen molar-refractivity contribution in [1.82, 2.24) is 9.78 Å². The minimum absolute atomic E-state index is 0.754. The van der Waals surface area contributed by atoms with Gasteiger partial charge in [0.25, 0.3) is 0 Å². The van der Waals surface area contributed by atoms with Crippen LogP contribution >= 0.6 is 27.7 Å². The second-order valence-electron chi connectivity index (χ2n) is 4.70. The van der Waals surface area contributed by atoms with Crippen molar-refractivity contribution in [3.05, 3.63) is 64.8 Å². The van der Waals surface area contributed by atoms with Gasteiger partial charge in [0.15, 0.2) is 0 Å². The predicted molar refractivity (Wildman–Crippen MR) is 93.1 cm³/mol. The quantitative estimate of drug-likeness (QED) is 0.635. The van der Waals surface area contributed by atoms with Gasteiger partial charge in [-0.05, 0) is 47.1 Å². The summed E-state index contributed by atoms with van der Waals surface area (Å²) in [5.41, 5.74) is 1.93. The maximum absolute atomic E-state index is 5.63. The number of rotatable bonds is 4. The Labute approximate surface area is 142 Å². The molecule has 0 N–H and O–H groups in total. The Morgan fingerprint density at radius 3 is 2.41 bits per heavy atom. The summed E-state index contributed by atoms with van der Waals surface area (Å²) in [6.07, 6.45) is 0. The van der Waals surface area contributed by atoms with E-state index in [1.165, 1.54) is 0 Å². The summed E-state index contributed by atoms with van der Waals surface area (Å²) in [5, 5.41) is 4.63. The molecule has 1 aromatic heterocycles. The van der Waals surface area contributed by atoms with Crippen molar-refractivity contribution in [1.29, 1.82) is 0 Å². The van der Waals surface area contributed by atoms with E-state index in [0.29, 0.717) is 0 Å². The van der Waals surface area contributed by atoms with Crippen LogP contribution in [0.5, 0.6) is 5.88 Å². The van der Waals surface area contributed by atoms with Gasteiger partial charge < -0.3 is 4.74 Å². The average molecular weight is 375 g/mol. The van der Waals surface area contributed by atoms with Crippen LogP contribution in [0.2, 0.25) is 0 Å². The lowest BCUT2D eigenvalue weighted by atomic mass is 10.3. The Morgan fingerprint density at radius 2 is 1.73 bits per heavy atom. The van der Waals surface area contributed by atoms with Crippen molar-refractivity contribution in [2.24, 2.45) is 0 Å². The number of methoxy groups -OCH3 is 1. The van der Waals surface area contributed by atoms with Gasteiger partial charge in [-0.25, -0.2) is 0 Å². The maximum atomic E-state index is 5.63. The lowest BCUT2D eigenvalue weighted by molar-refractivity contribution is 0.375. The topological polar surface area (TPSA) is 27.1 Å². The van der Waals surface area contributed by atoms with E-state index >= 15 is 0 Å². The van der Waals surface area contributed by atoms with Crippen molar-refractivity contribution in [3.8, 4) is 11.6 Å². The highest BCUT2D eigenvalue weighted by atomic mass is 79.9. The van der Waals surface area contributed by atoms with Gasteiger partial charge in [-0.15, -0.1) is 0 Å². The zero-order valence-corrected chi connectivity index (χ0v) is 14.7. The third-order valence-electron chi connectivity index (χ3n) is 3.21. The summed E-state index contributed by atoms with van der Waals surface area (Å²) >= 11 is 5.24. The third-order valence-corrected chi connectivity index (χ3v) is 5.41. The Hall–Kier alpha value is -1.72. The van der Waals surface area contributed by atoms with E-state index in [1.807, 2.05) is 60.1 Å². The van der Waals surface area contributed by atoms with E-state index in [2.05, 4.69) is 27.1 Å². The first-order chi connectivity index (χ1) is 10.7. The summed E-state index contributed by atoms with van der Waals surface area (Å²) in [4.78, 5) is 2.16. The summed E-state index contributed by atoms with van der Waals surface area (Å²) in [7, 11) is 1.68. The van der Waals surface area contributed by atoms with E-state index in [-0.39, 0.29) is 0 Å². The molecule has 0 aliphatic rings. The summed E-state index contributed by atoms with van der Waals surface area (Å²) in [5.74, 6) is 0.754. The molecule has 22 heavy (non-hydrogen) atoms. The van der Waals surface area contributed by atoms with Crippen LogP contribution in [0.4, 0.5) is 0 Å². The first-order valence-electron chi connectivity index (χ1n) is 6.82. The second kappa shape index (κ2) is 6.58.